The van der Waals surface area contributed by atoms with Gasteiger partial charge in [0, 0.05) is 18.0 Å². The van der Waals surface area contributed by atoms with Crippen LogP contribution in [0.2, 0.25) is 0 Å². The molecule has 0 amide bonds. The number of nitrogens with zero attached hydrogens (tertiary/aromatic N) is 1. The summed E-state index contributed by atoms with van der Waals surface area (Å²) >= 11 is 0. The normalized spacial score (nSPS) is 23.8. The summed E-state index contributed by atoms with van der Waals surface area (Å²) in [5, 5.41) is 16.1. The van der Waals surface area contributed by atoms with Gasteiger partial charge in [0.2, 0.25) is 0 Å². The molecule has 17 heavy (non-hydrogen) atoms. The number of aliphatic imine (C=N–C) groups is 1. The molecule has 0 unspecified atom stereocenters. The topological polar surface area (TPSA) is 56.7 Å². The Morgan fingerprint density at radius 2 is 2.06 bits per heavy atom. The van der Waals surface area contributed by atoms with Crippen LogP contribution in [-0.4, -0.2) is 36.8 Å². The van der Waals surface area contributed by atoms with E-state index in [-0.39, 0.29) is 12.0 Å². The first-order valence-corrected chi connectivity index (χ1v) is 6.94. The first-order chi connectivity index (χ1) is 8.28. The maximum atomic E-state index is 9.27. The fourth-order valence-corrected chi connectivity index (χ4v) is 2.37. The van der Waals surface area contributed by atoms with Gasteiger partial charge in [-0.25, -0.2) is 0 Å². The van der Waals surface area contributed by atoms with Crippen LogP contribution in [0.15, 0.2) is 4.99 Å². The predicted molar refractivity (Wildman–Crippen MR) is 70.1 cm³/mol. The molecule has 0 spiro atoms. The lowest BCUT2D eigenvalue weighted by Crippen LogP contribution is -2.42. The van der Waals surface area contributed by atoms with Gasteiger partial charge in [0.25, 0.3) is 0 Å². The lowest BCUT2D eigenvalue weighted by atomic mass is 10.1. The quantitative estimate of drug-likeness (QED) is 0.500. The van der Waals surface area contributed by atoms with E-state index in [4.69, 9.17) is 0 Å². The average molecular weight is 239 g/mol. The molecule has 0 bridgehead atoms. The second kappa shape index (κ2) is 5.71. The molecular formula is C13H25N3O. The van der Waals surface area contributed by atoms with Gasteiger partial charge in [-0.3, -0.25) is 4.99 Å². The molecule has 3 N–H and O–H groups in total. The third-order valence-corrected chi connectivity index (χ3v) is 3.91. The Hall–Kier alpha value is -0.770. The van der Waals surface area contributed by atoms with Gasteiger partial charge < -0.3 is 15.7 Å². The first-order valence-electron chi connectivity index (χ1n) is 6.94. The van der Waals surface area contributed by atoms with E-state index in [1.807, 2.05) is 0 Å². The molecule has 0 radical (unpaired) electrons. The van der Waals surface area contributed by atoms with Gasteiger partial charge >= 0.3 is 0 Å². The summed E-state index contributed by atoms with van der Waals surface area (Å²) in [5.41, 5.74) is 0.109. The molecule has 0 aliphatic heterocycles. The number of nitrogens with one attached hydrogen (secondary N) is 2. The van der Waals surface area contributed by atoms with Crippen molar-refractivity contribution in [2.75, 3.05) is 19.7 Å². The molecule has 0 aromatic carbocycles. The number of aliphatic hydroxyl groups excluding tert-OH is 1. The molecule has 98 valence electrons. The minimum Gasteiger partial charge on any atom is -0.396 e. The van der Waals surface area contributed by atoms with Gasteiger partial charge in [0.05, 0.1) is 13.2 Å². The summed E-state index contributed by atoms with van der Waals surface area (Å²) in [6, 6.07) is 0.595. The van der Waals surface area contributed by atoms with Crippen molar-refractivity contribution in [2.45, 2.75) is 51.5 Å². The van der Waals surface area contributed by atoms with Crippen LogP contribution in [0.5, 0.6) is 0 Å². The molecule has 2 rings (SSSR count). The summed E-state index contributed by atoms with van der Waals surface area (Å²) in [6.45, 7) is 4.01. The molecule has 0 saturated heterocycles. The largest absolute Gasteiger partial charge is 0.396 e. The number of rotatable bonds is 5. The molecule has 4 nitrogen and oxygen atoms in total. The van der Waals surface area contributed by atoms with Crippen molar-refractivity contribution in [1.82, 2.24) is 10.6 Å². The predicted octanol–water partition coefficient (Wildman–Crippen LogP) is 1.26. The van der Waals surface area contributed by atoms with Crippen LogP contribution in [0, 0.1) is 5.41 Å². The van der Waals surface area contributed by atoms with Crippen molar-refractivity contribution in [3.63, 3.8) is 0 Å². The molecule has 0 atom stereocenters. The van der Waals surface area contributed by atoms with Crippen LogP contribution in [-0.2, 0) is 0 Å². The molecule has 0 aromatic heterocycles. The number of hydrogen-bond acceptors (Lipinski definition) is 2. The molecular weight excluding hydrogens is 214 g/mol. The SMILES string of the molecule is CCNC(=NCC1(CO)CC1)NC1CCCC1. The fourth-order valence-electron chi connectivity index (χ4n) is 2.37. The van der Waals surface area contributed by atoms with Crippen LogP contribution < -0.4 is 10.6 Å². The minimum absolute atomic E-state index is 0.109. The highest BCUT2D eigenvalue weighted by molar-refractivity contribution is 5.80. The maximum Gasteiger partial charge on any atom is 0.191 e. The third-order valence-electron chi connectivity index (χ3n) is 3.91. The Labute approximate surface area is 104 Å². The summed E-state index contributed by atoms with van der Waals surface area (Å²) in [4.78, 5) is 4.62. The van der Waals surface area contributed by atoms with E-state index in [0.29, 0.717) is 6.04 Å². The third kappa shape index (κ3) is 3.60. The average Bonchev–Trinajstić information content (AvgIpc) is 2.95. The highest BCUT2D eigenvalue weighted by Gasteiger charge is 2.41. The Bertz CT molecular complexity index is 268. The van der Waals surface area contributed by atoms with Gasteiger partial charge in [0.1, 0.15) is 0 Å². The van der Waals surface area contributed by atoms with Crippen LogP contribution in [0.25, 0.3) is 0 Å². The maximum absolute atomic E-state index is 9.27. The zero-order valence-electron chi connectivity index (χ0n) is 10.8. The van der Waals surface area contributed by atoms with E-state index in [1.165, 1.54) is 25.7 Å². The van der Waals surface area contributed by atoms with E-state index in [0.717, 1.165) is 31.9 Å². The molecule has 0 heterocycles. The second-order valence-electron chi connectivity index (χ2n) is 5.48. The van der Waals surface area contributed by atoms with Gasteiger partial charge in [-0.05, 0) is 32.6 Å². The molecule has 2 saturated carbocycles. The Kier molecular flexibility index (Phi) is 4.26. The number of hydrogen-bond donors (Lipinski definition) is 3. The molecule has 2 fully saturated rings. The van der Waals surface area contributed by atoms with Gasteiger partial charge in [0.15, 0.2) is 5.96 Å². The first kappa shape index (κ1) is 12.7. The van der Waals surface area contributed by atoms with Crippen molar-refractivity contribution in [3.05, 3.63) is 0 Å². The van der Waals surface area contributed by atoms with Crippen LogP contribution in [0.1, 0.15) is 45.4 Å². The fraction of sp³-hybridized carbons (Fsp3) is 0.923. The van der Waals surface area contributed by atoms with Crippen LogP contribution >= 0.6 is 0 Å². The van der Waals surface area contributed by atoms with E-state index < -0.39 is 0 Å². The van der Waals surface area contributed by atoms with E-state index in [2.05, 4.69) is 22.5 Å². The summed E-state index contributed by atoms with van der Waals surface area (Å²) < 4.78 is 0. The van der Waals surface area contributed by atoms with Crippen molar-refractivity contribution in [2.24, 2.45) is 10.4 Å². The van der Waals surface area contributed by atoms with Crippen molar-refractivity contribution in [1.29, 1.82) is 0 Å². The minimum atomic E-state index is 0.109. The molecule has 4 heteroatoms. The number of aliphatic hydroxyl groups is 1. The van der Waals surface area contributed by atoms with Crippen molar-refractivity contribution in [3.8, 4) is 0 Å². The zero-order chi connectivity index (χ0) is 12.1. The summed E-state index contributed by atoms with van der Waals surface area (Å²) in [6.07, 6.45) is 7.42. The Morgan fingerprint density at radius 3 is 2.59 bits per heavy atom. The van der Waals surface area contributed by atoms with Crippen molar-refractivity contribution >= 4 is 5.96 Å². The Balaban J connectivity index is 1.84. The smallest absolute Gasteiger partial charge is 0.191 e. The van der Waals surface area contributed by atoms with E-state index >= 15 is 0 Å². The van der Waals surface area contributed by atoms with Gasteiger partial charge in [-0.1, -0.05) is 12.8 Å². The number of guanidine groups is 1. The van der Waals surface area contributed by atoms with Crippen LogP contribution in [0.4, 0.5) is 0 Å². The van der Waals surface area contributed by atoms with E-state index in [9.17, 15) is 5.11 Å². The summed E-state index contributed by atoms with van der Waals surface area (Å²) in [5.74, 6) is 0.930. The molecule has 2 aliphatic rings. The highest BCUT2D eigenvalue weighted by Crippen LogP contribution is 2.45. The lowest BCUT2D eigenvalue weighted by Gasteiger charge is -2.17. The van der Waals surface area contributed by atoms with E-state index in [1.54, 1.807) is 0 Å². The summed E-state index contributed by atoms with van der Waals surface area (Å²) in [7, 11) is 0. The standard InChI is InChI=1S/C13H25N3O/c1-2-14-12(16-11-5-3-4-6-11)15-9-13(10-17)7-8-13/h11,17H,2-10H2,1H3,(H2,14,15,16). The molecule has 2 aliphatic carbocycles. The lowest BCUT2D eigenvalue weighted by molar-refractivity contribution is 0.217. The van der Waals surface area contributed by atoms with Gasteiger partial charge in [-0.15, -0.1) is 0 Å². The monoisotopic (exact) mass is 239 g/mol. The van der Waals surface area contributed by atoms with Crippen molar-refractivity contribution < 1.29 is 5.11 Å². The zero-order valence-corrected chi connectivity index (χ0v) is 10.8. The second-order valence-corrected chi connectivity index (χ2v) is 5.48. The Morgan fingerprint density at radius 1 is 1.35 bits per heavy atom. The molecule has 0 aromatic rings. The van der Waals surface area contributed by atoms with Gasteiger partial charge in [-0.2, -0.15) is 0 Å². The highest BCUT2D eigenvalue weighted by atomic mass is 16.3. The van der Waals surface area contributed by atoms with Crippen LogP contribution in [0.3, 0.4) is 0 Å².